The van der Waals surface area contributed by atoms with Gasteiger partial charge in [-0.25, -0.2) is 0 Å². The van der Waals surface area contributed by atoms with Gasteiger partial charge in [0, 0.05) is 31.6 Å². The van der Waals surface area contributed by atoms with Gasteiger partial charge in [0.1, 0.15) is 29.7 Å². The summed E-state index contributed by atoms with van der Waals surface area (Å²) in [5.74, 6) is -1.85. The summed E-state index contributed by atoms with van der Waals surface area (Å²) in [6.07, 6.45) is 0.544. The lowest BCUT2D eigenvalue weighted by atomic mass is 10.0. The van der Waals surface area contributed by atoms with Crippen LogP contribution in [0.25, 0.3) is 11.0 Å². The minimum absolute atomic E-state index is 0.0183. The van der Waals surface area contributed by atoms with E-state index in [0.717, 1.165) is 5.56 Å². The van der Waals surface area contributed by atoms with Gasteiger partial charge < -0.3 is 40.4 Å². The van der Waals surface area contributed by atoms with Crippen molar-refractivity contribution < 1.29 is 38.2 Å². The van der Waals surface area contributed by atoms with E-state index >= 15 is 0 Å². The first-order valence-electron chi connectivity index (χ1n) is 16.8. The Morgan fingerprint density at radius 2 is 1.52 bits per heavy atom. The molecule has 16 heteroatoms. The van der Waals surface area contributed by atoms with E-state index in [9.17, 15) is 24.0 Å². The zero-order valence-electron chi connectivity index (χ0n) is 29.2. The van der Waals surface area contributed by atoms with Crippen LogP contribution in [0.5, 0.6) is 17.2 Å². The molecule has 2 bridgehead atoms. The Morgan fingerprint density at radius 1 is 0.865 bits per heavy atom. The maximum atomic E-state index is 13.6. The standard InChI is InChI=1S/C36H42N8O8/c1-23-34(47)40-28(18-24-10-5-4-6-11-24)36(49)38-15-16-43(32(46)22-44-41-26-12-7-8-13-27(26)42-44)21-31(45)37-14-9-17-52-33-29(50-2)19-25(35(48)39-23)20-30(33)51-3/h4-8,10-13,19-20,23,28H,9,14-18,21-22H2,1-3H3,(H,37,45)(H,38,49)(H,39,48)(H,40,47)/t23-,28+/m0/s1. The lowest BCUT2D eigenvalue weighted by Crippen LogP contribution is -2.54. The van der Waals surface area contributed by atoms with Crippen LogP contribution in [-0.2, 0) is 32.1 Å². The number of carbonyl (C=O) groups is 5. The van der Waals surface area contributed by atoms with Crippen LogP contribution >= 0.6 is 0 Å². The van der Waals surface area contributed by atoms with E-state index in [-0.39, 0.29) is 68.6 Å². The van der Waals surface area contributed by atoms with Gasteiger partial charge in [0.25, 0.3) is 5.91 Å². The van der Waals surface area contributed by atoms with Gasteiger partial charge in [-0.2, -0.15) is 15.0 Å². The fraction of sp³-hybridized carbons (Fsp3) is 0.361. The molecule has 2 atom stereocenters. The number of amides is 5. The molecule has 0 saturated heterocycles. The summed E-state index contributed by atoms with van der Waals surface area (Å²) in [5, 5.41) is 19.7. The summed E-state index contributed by atoms with van der Waals surface area (Å²) in [6, 6.07) is 17.2. The molecular formula is C36H42N8O8. The second-order valence-electron chi connectivity index (χ2n) is 12.0. The van der Waals surface area contributed by atoms with Crippen LogP contribution in [0.4, 0.5) is 0 Å². The molecule has 16 nitrogen and oxygen atoms in total. The van der Waals surface area contributed by atoms with E-state index in [0.29, 0.717) is 17.5 Å². The number of hydrogen-bond donors (Lipinski definition) is 4. The van der Waals surface area contributed by atoms with Crippen molar-refractivity contribution >= 4 is 40.6 Å². The average Bonchev–Trinajstić information content (AvgIpc) is 3.56. The van der Waals surface area contributed by atoms with Crippen LogP contribution in [0.2, 0.25) is 0 Å². The van der Waals surface area contributed by atoms with Crippen molar-refractivity contribution in [2.75, 3.05) is 47.0 Å². The molecule has 2 aliphatic heterocycles. The van der Waals surface area contributed by atoms with E-state index in [1.165, 1.54) is 43.0 Å². The highest BCUT2D eigenvalue weighted by molar-refractivity contribution is 5.99. The second kappa shape index (κ2) is 17.6. The molecule has 0 radical (unpaired) electrons. The fourth-order valence-electron chi connectivity index (χ4n) is 5.48. The highest BCUT2D eigenvalue weighted by atomic mass is 16.5. The first-order chi connectivity index (χ1) is 25.1. The fourth-order valence-corrected chi connectivity index (χ4v) is 5.48. The predicted octanol–water partition coefficient (Wildman–Crippen LogP) is 0.838. The van der Waals surface area contributed by atoms with Gasteiger partial charge in [-0.05, 0) is 43.2 Å². The van der Waals surface area contributed by atoms with Crippen LogP contribution in [0.3, 0.4) is 0 Å². The van der Waals surface area contributed by atoms with E-state index in [1.807, 2.05) is 42.5 Å². The molecule has 4 N–H and O–H groups in total. The number of rotatable bonds is 6. The molecule has 0 aliphatic carbocycles. The third-order valence-electron chi connectivity index (χ3n) is 8.24. The zero-order chi connectivity index (χ0) is 37.0. The molecule has 52 heavy (non-hydrogen) atoms. The number of aromatic nitrogens is 3. The first kappa shape index (κ1) is 37.1. The van der Waals surface area contributed by atoms with Crippen LogP contribution in [-0.4, -0.2) is 109 Å². The van der Waals surface area contributed by atoms with Gasteiger partial charge in [0.05, 0.1) is 27.4 Å². The Hall–Kier alpha value is -6.19. The van der Waals surface area contributed by atoms with E-state index in [2.05, 4.69) is 31.5 Å². The summed E-state index contributed by atoms with van der Waals surface area (Å²) in [6.45, 7) is 1.33. The third-order valence-corrected chi connectivity index (χ3v) is 8.24. The predicted molar refractivity (Wildman–Crippen MR) is 189 cm³/mol. The van der Waals surface area contributed by atoms with Gasteiger partial charge in [0.15, 0.2) is 11.5 Å². The van der Waals surface area contributed by atoms with Gasteiger partial charge in [0.2, 0.25) is 29.4 Å². The molecule has 0 spiro atoms. The molecular weight excluding hydrogens is 672 g/mol. The molecule has 274 valence electrons. The quantitative estimate of drug-likeness (QED) is 0.208. The maximum absolute atomic E-state index is 13.6. The smallest absolute Gasteiger partial charge is 0.252 e. The normalized spacial score (nSPS) is 18.2. The van der Waals surface area contributed by atoms with Crippen molar-refractivity contribution in [1.29, 1.82) is 0 Å². The minimum Gasteiger partial charge on any atom is -0.493 e. The topological polar surface area (TPSA) is 195 Å². The number of fused-ring (bicyclic) bond motifs is 20. The molecule has 1 aromatic heterocycles. The molecule has 3 aromatic carbocycles. The van der Waals surface area contributed by atoms with Gasteiger partial charge in [-0.15, -0.1) is 0 Å². The van der Waals surface area contributed by atoms with Crippen LogP contribution in [0, 0.1) is 0 Å². The highest BCUT2D eigenvalue weighted by Gasteiger charge is 2.27. The Bertz CT molecular complexity index is 1840. The number of benzene rings is 3. The molecule has 0 fully saturated rings. The SMILES string of the molecule is COc1cc2cc(OC)c1OCCCNC(=O)CN(C(=O)Cn1nc3ccccc3n1)CCNC(=O)[C@@H](Cc1ccccc1)NC(=O)[C@H](C)NC2=O. The van der Waals surface area contributed by atoms with Crippen molar-refractivity contribution in [2.24, 2.45) is 0 Å². The average molecular weight is 715 g/mol. The number of nitrogens with zero attached hydrogens (tertiary/aromatic N) is 4. The molecule has 0 unspecified atom stereocenters. The number of carbonyl (C=O) groups excluding carboxylic acids is 5. The Balaban J connectivity index is 1.38. The van der Waals surface area contributed by atoms with E-state index in [1.54, 1.807) is 12.1 Å². The zero-order valence-corrected chi connectivity index (χ0v) is 29.2. The van der Waals surface area contributed by atoms with Gasteiger partial charge in [-0.3, -0.25) is 24.0 Å². The molecule has 4 aromatic rings. The van der Waals surface area contributed by atoms with Crippen molar-refractivity contribution in [2.45, 2.75) is 38.4 Å². The number of hydrogen-bond acceptors (Lipinski definition) is 10. The van der Waals surface area contributed by atoms with Crippen LogP contribution < -0.4 is 35.5 Å². The lowest BCUT2D eigenvalue weighted by Gasteiger charge is -2.24. The summed E-state index contributed by atoms with van der Waals surface area (Å²) >= 11 is 0. The molecule has 5 amide bonds. The molecule has 6 rings (SSSR count). The number of nitrogens with one attached hydrogen (secondary N) is 4. The minimum atomic E-state index is -1.04. The van der Waals surface area contributed by atoms with Crippen molar-refractivity contribution in [3.63, 3.8) is 0 Å². The highest BCUT2D eigenvalue weighted by Crippen LogP contribution is 2.38. The van der Waals surface area contributed by atoms with Crippen molar-refractivity contribution in [3.8, 4) is 17.2 Å². The second-order valence-corrected chi connectivity index (χ2v) is 12.0. The van der Waals surface area contributed by atoms with Crippen LogP contribution in [0.15, 0.2) is 66.7 Å². The summed E-state index contributed by atoms with van der Waals surface area (Å²) in [7, 11) is 2.83. The maximum Gasteiger partial charge on any atom is 0.252 e. The van der Waals surface area contributed by atoms with Crippen molar-refractivity contribution in [3.05, 3.63) is 77.9 Å². The molecule has 0 saturated carbocycles. The van der Waals surface area contributed by atoms with E-state index < -0.39 is 41.6 Å². The largest absolute Gasteiger partial charge is 0.493 e. The van der Waals surface area contributed by atoms with Gasteiger partial charge in [-0.1, -0.05) is 42.5 Å². The monoisotopic (exact) mass is 714 g/mol. The van der Waals surface area contributed by atoms with Crippen molar-refractivity contribution in [1.82, 2.24) is 41.2 Å². The summed E-state index contributed by atoms with van der Waals surface area (Å²) in [4.78, 5) is 69.4. The van der Waals surface area contributed by atoms with Crippen LogP contribution in [0.1, 0.15) is 29.3 Å². The summed E-state index contributed by atoms with van der Waals surface area (Å²) in [5.41, 5.74) is 2.18. The van der Waals surface area contributed by atoms with Gasteiger partial charge >= 0.3 is 0 Å². The van der Waals surface area contributed by atoms with E-state index in [4.69, 9.17) is 14.2 Å². The first-order valence-corrected chi connectivity index (χ1v) is 16.8. The third kappa shape index (κ3) is 9.74. The number of methoxy groups -OCH3 is 2. The summed E-state index contributed by atoms with van der Waals surface area (Å²) < 4.78 is 16.9. The Kier molecular flexibility index (Phi) is 12.6. The Morgan fingerprint density at radius 3 is 2.17 bits per heavy atom. The molecule has 2 aliphatic rings. The Labute approximate surface area is 300 Å². The number of ether oxygens (including phenoxy) is 3. The molecule has 3 heterocycles. The lowest BCUT2D eigenvalue weighted by molar-refractivity contribution is -0.137.